The molecular weight excluding hydrogens is 206 g/mol. The average Bonchev–Trinajstić information content (AvgIpc) is 2.26. The molecule has 2 N–H and O–H groups in total. The number of hydrogen-bond acceptors (Lipinski definition) is 4. The zero-order valence-electron chi connectivity index (χ0n) is 9.40. The highest BCUT2D eigenvalue weighted by Crippen LogP contribution is 2.20. The Morgan fingerprint density at radius 2 is 2.25 bits per heavy atom. The highest BCUT2D eigenvalue weighted by Gasteiger charge is 2.37. The fraction of sp³-hybridized carbons (Fsp3) is 0.364. The van der Waals surface area contributed by atoms with Crippen molar-refractivity contribution in [2.75, 3.05) is 6.54 Å². The molecule has 0 aliphatic carbocycles. The Labute approximate surface area is 94.2 Å². The molecule has 1 rings (SSSR count). The summed E-state index contributed by atoms with van der Waals surface area (Å²) in [6.45, 7) is 7.24. The van der Waals surface area contributed by atoms with Gasteiger partial charge in [0.25, 0.3) is 0 Å². The first-order chi connectivity index (χ1) is 7.52. The Morgan fingerprint density at radius 1 is 1.62 bits per heavy atom. The maximum absolute atomic E-state index is 11.3. The number of rotatable bonds is 5. The molecule has 0 fully saturated rings. The number of hydrogen-bond donors (Lipinski definition) is 2. The summed E-state index contributed by atoms with van der Waals surface area (Å²) in [5.74, 6) is -0.988. The smallest absolute Gasteiger partial charge is 0.329 e. The summed E-state index contributed by atoms with van der Waals surface area (Å²) in [5.41, 5.74) is -0.222. The fourth-order valence-electron chi connectivity index (χ4n) is 1.44. The van der Waals surface area contributed by atoms with Crippen molar-refractivity contribution in [2.24, 2.45) is 0 Å². The van der Waals surface area contributed by atoms with Crippen LogP contribution in [-0.2, 0) is 10.3 Å². The number of nitrogens with zero attached hydrogens (tertiary/aromatic N) is 2. The van der Waals surface area contributed by atoms with Crippen LogP contribution in [0.1, 0.15) is 18.3 Å². The van der Waals surface area contributed by atoms with Crippen LogP contribution in [0.2, 0.25) is 0 Å². The van der Waals surface area contributed by atoms with Gasteiger partial charge in [-0.05, 0) is 13.8 Å². The molecule has 0 saturated heterocycles. The number of carbonyl (C=O) groups is 1. The standard InChI is InChI=1S/C11H15N3O2/c1-4-5-14-11(3,10(15)16)9-8(2)12-6-7-13-9/h4,6-7,14H,1,5H2,2-3H3,(H,15,16). The summed E-state index contributed by atoms with van der Waals surface area (Å²) >= 11 is 0. The van der Waals surface area contributed by atoms with Gasteiger partial charge in [-0.25, -0.2) is 4.79 Å². The molecular formula is C11H15N3O2. The first kappa shape index (κ1) is 12.3. The molecule has 0 aliphatic heterocycles. The van der Waals surface area contributed by atoms with Gasteiger partial charge in [-0.3, -0.25) is 15.3 Å². The number of nitrogens with one attached hydrogen (secondary N) is 1. The molecule has 0 saturated carbocycles. The monoisotopic (exact) mass is 221 g/mol. The largest absolute Gasteiger partial charge is 0.480 e. The first-order valence-electron chi connectivity index (χ1n) is 4.89. The molecule has 1 heterocycles. The molecule has 1 atom stereocenters. The van der Waals surface area contributed by atoms with Crippen LogP contribution in [0.25, 0.3) is 0 Å². The van der Waals surface area contributed by atoms with Crippen LogP contribution in [0.3, 0.4) is 0 Å². The number of carboxylic acids is 1. The van der Waals surface area contributed by atoms with E-state index in [4.69, 9.17) is 0 Å². The van der Waals surface area contributed by atoms with Gasteiger partial charge in [-0.2, -0.15) is 0 Å². The third-order valence-corrected chi connectivity index (χ3v) is 2.38. The Hall–Kier alpha value is -1.75. The minimum Gasteiger partial charge on any atom is -0.480 e. The maximum atomic E-state index is 11.3. The molecule has 0 aromatic carbocycles. The second-order valence-electron chi connectivity index (χ2n) is 3.59. The summed E-state index contributed by atoms with van der Waals surface area (Å²) in [7, 11) is 0. The Bertz CT molecular complexity index is 406. The summed E-state index contributed by atoms with van der Waals surface area (Å²) in [6.07, 6.45) is 4.63. The molecule has 86 valence electrons. The topological polar surface area (TPSA) is 75.1 Å². The van der Waals surface area contributed by atoms with Gasteiger partial charge >= 0.3 is 5.97 Å². The van der Waals surface area contributed by atoms with E-state index in [0.717, 1.165) is 0 Å². The summed E-state index contributed by atoms with van der Waals surface area (Å²) in [5, 5.41) is 12.2. The quantitative estimate of drug-likeness (QED) is 0.721. The van der Waals surface area contributed by atoms with E-state index in [-0.39, 0.29) is 0 Å². The molecule has 16 heavy (non-hydrogen) atoms. The van der Waals surface area contributed by atoms with E-state index < -0.39 is 11.5 Å². The Balaban J connectivity index is 3.16. The summed E-state index contributed by atoms with van der Waals surface area (Å²) in [4.78, 5) is 19.4. The molecule has 0 amide bonds. The number of carboxylic acid groups (broad SMARTS) is 1. The van der Waals surface area contributed by atoms with Crippen molar-refractivity contribution >= 4 is 5.97 Å². The van der Waals surface area contributed by atoms with Crippen LogP contribution in [0, 0.1) is 6.92 Å². The second kappa shape index (κ2) is 4.85. The number of aromatic nitrogens is 2. The van der Waals surface area contributed by atoms with Gasteiger partial charge < -0.3 is 5.11 Å². The molecule has 5 nitrogen and oxygen atoms in total. The van der Waals surface area contributed by atoms with Gasteiger partial charge in [0.05, 0.1) is 11.4 Å². The SMILES string of the molecule is C=CCNC(C)(C(=O)O)c1nccnc1C. The predicted molar refractivity (Wildman–Crippen MR) is 60.0 cm³/mol. The lowest BCUT2D eigenvalue weighted by molar-refractivity contribution is -0.144. The van der Waals surface area contributed by atoms with E-state index in [2.05, 4.69) is 21.9 Å². The van der Waals surface area contributed by atoms with Crippen molar-refractivity contribution in [1.82, 2.24) is 15.3 Å². The number of aryl methyl sites for hydroxylation is 1. The second-order valence-corrected chi connectivity index (χ2v) is 3.59. The zero-order chi connectivity index (χ0) is 12.2. The van der Waals surface area contributed by atoms with E-state index in [1.165, 1.54) is 12.4 Å². The minimum absolute atomic E-state index is 0.388. The Morgan fingerprint density at radius 3 is 2.75 bits per heavy atom. The van der Waals surface area contributed by atoms with Crippen molar-refractivity contribution in [2.45, 2.75) is 19.4 Å². The van der Waals surface area contributed by atoms with Crippen LogP contribution in [0.5, 0.6) is 0 Å². The minimum atomic E-state index is -1.24. The molecule has 1 aromatic rings. The van der Waals surface area contributed by atoms with Gasteiger partial charge in [0, 0.05) is 18.9 Å². The van der Waals surface area contributed by atoms with Crippen LogP contribution in [-0.4, -0.2) is 27.6 Å². The van der Waals surface area contributed by atoms with Gasteiger partial charge in [0.15, 0.2) is 5.54 Å². The van der Waals surface area contributed by atoms with E-state index in [1.54, 1.807) is 19.9 Å². The van der Waals surface area contributed by atoms with Crippen LogP contribution in [0.15, 0.2) is 25.0 Å². The normalized spacial score (nSPS) is 14.1. The van der Waals surface area contributed by atoms with Crippen molar-refractivity contribution in [1.29, 1.82) is 0 Å². The van der Waals surface area contributed by atoms with E-state index in [0.29, 0.717) is 17.9 Å². The third kappa shape index (κ3) is 2.25. The van der Waals surface area contributed by atoms with Crippen molar-refractivity contribution in [3.8, 4) is 0 Å². The average molecular weight is 221 g/mol. The lowest BCUT2D eigenvalue weighted by Crippen LogP contribution is -2.48. The van der Waals surface area contributed by atoms with Crippen molar-refractivity contribution in [3.63, 3.8) is 0 Å². The van der Waals surface area contributed by atoms with Crippen molar-refractivity contribution in [3.05, 3.63) is 36.4 Å². The fourth-order valence-corrected chi connectivity index (χ4v) is 1.44. The lowest BCUT2D eigenvalue weighted by atomic mass is 9.96. The maximum Gasteiger partial charge on any atom is 0.329 e. The molecule has 0 aliphatic rings. The van der Waals surface area contributed by atoms with E-state index in [9.17, 15) is 9.90 Å². The van der Waals surface area contributed by atoms with Gasteiger partial charge in [-0.15, -0.1) is 6.58 Å². The van der Waals surface area contributed by atoms with E-state index >= 15 is 0 Å². The van der Waals surface area contributed by atoms with Gasteiger partial charge in [0.1, 0.15) is 0 Å². The van der Waals surface area contributed by atoms with Crippen LogP contribution >= 0.6 is 0 Å². The molecule has 0 bridgehead atoms. The molecule has 1 aromatic heterocycles. The summed E-state index contributed by atoms with van der Waals surface area (Å²) in [6, 6.07) is 0. The van der Waals surface area contributed by atoms with Gasteiger partial charge in [-0.1, -0.05) is 6.08 Å². The van der Waals surface area contributed by atoms with Crippen LogP contribution < -0.4 is 5.32 Å². The molecule has 0 radical (unpaired) electrons. The van der Waals surface area contributed by atoms with Crippen LogP contribution in [0.4, 0.5) is 0 Å². The highest BCUT2D eigenvalue weighted by atomic mass is 16.4. The number of aliphatic carboxylic acids is 1. The first-order valence-corrected chi connectivity index (χ1v) is 4.89. The zero-order valence-corrected chi connectivity index (χ0v) is 9.40. The third-order valence-electron chi connectivity index (χ3n) is 2.38. The Kier molecular flexibility index (Phi) is 3.73. The van der Waals surface area contributed by atoms with Crippen molar-refractivity contribution < 1.29 is 9.90 Å². The highest BCUT2D eigenvalue weighted by molar-refractivity contribution is 5.79. The summed E-state index contributed by atoms with van der Waals surface area (Å²) < 4.78 is 0. The molecule has 0 spiro atoms. The van der Waals surface area contributed by atoms with E-state index in [1.807, 2.05) is 0 Å². The molecule has 1 unspecified atom stereocenters. The lowest BCUT2D eigenvalue weighted by Gasteiger charge is -2.25. The molecule has 5 heteroatoms. The van der Waals surface area contributed by atoms with Gasteiger partial charge in [0.2, 0.25) is 0 Å². The predicted octanol–water partition coefficient (Wildman–Crippen LogP) is 0.860.